The molecule has 0 radical (unpaired) electrons. The molecule has 3 rings (SSSR count). The summed E-state index contributed by atoms with van der Waals surface area (Å²) in [7, 11) is 1.58. The van der Waals surface area contributed by atoms with E-state index in [4.69, 9.17) is 4.74 Å². The van der Waals surface area contributed by atoms with E-state index in [1.165, 1.54) is 0 Å². The number of hydrogen-bond donors (Lipinski definition) is 1. The molecule has 1 fully saturated rings. The third kappa shape index (κ3) is 3.47. The summed E-state index contributed by atoms with van der Waals surface area (Å²) in [4.78, 5) is 27.2. The van der Waals surface area contributed by atoms with Crippen molar-refractivity contribution in [2.24, 2.45) is 0 Å². The van der Waals surface area contributed by atoms with Crippen molar-refractivity contribution in [3.63, 3.8) is 0 Å². The standard InChI is InChI=1S/C16H22N6O2/c1-3-21-11-8-17-14(15(21)23)22-9-5-12(6-10-22)19-16-18-7-4-13(20-16)24-2/h4,7-8,11-12H,3,5-6,9-10H2,1-2H3,(H,18,19,20). The molecule has 0 aliphatic carbocycles. The van der Waals surface area contributed by atoms with E-state index in [-0.39, 0.29) is 11.6 Å². The first kappa shape index (κ1) is 16.2. The van der Waals surface area contributed by atoms with E-state index in [9.17, 15) is 4.79 Å². The number of nitrogens with one attached hydrogen (secondary N) is 1. The summed E-state index contributed by atoms with van der Waals surface area (Å²) in [5.41, 5.74) is -0.0254. The zero-order valence-electron chi connectivity index (χ0n) is 14.0. The molecule has 0 saturated carbocycles. The molecule has 24 heavy (non-hydrogen) atoms. The van der Waals surface area contributed by atoms with Crippen molar-refractivity contribution in [3.05, 3.63) is 35.0 Å². The lowest BCUT2D eigenvalue weighted by Gasteiger charge is -2.32. The molecule has 8 nitrogen and oxygen atoms in total. The van der Waals surface area contributed by atoms with Gasteiger partial charge in [-0.15, -0.1) is 0 Å². The summed E-state index contributed by atoms with van der Waals surface area (Å²) < 4.78 is 6.79. The predicted molar refractivity (Wildman–Crippen MR) is 91.6 cm³/mol. The van der Waals surface area contributed by atoms with Crippen LogP contribution in [0.5, 0.6) is 5.88 Å². The fourth-order valence-electron chi connectivity index (χ4n) is 2.85. The van der Waals surface area contributed by atoms with E-state index in [1.54, 1.807) is 36.3 Å². The molecule has 0 unspecified atom stereocenters. The molecule has 128 valence electrons. The smallest absolute Gasteiger partial charge is 0.293 e. The van der Waals surface area contributed by atoms with Crippen LogP contribution in [0.25, 0.3) is 0 Å². The Morgan fingerprint density at radius 3 is 2.79 bits per heavy atom. The molecule has 1 saturated heterocycles. The van der Waals surface area contributed by atoms with Gasteiger partial charge in [0.15, 0.2) is 5.82 Å². The fourth-order valence-corrected chi connectivity index (χ4v) is 2.85. The van der Waals surface area contributed by atoms with Crippen molar-refractivity contribution < 1.29 is 4.74 Å². The van der Waals surface area contributed by atoms with Crippen LogP contribution in [0.1, 0.15) is 19.8 Å². The topological polar surface area (TPSA) is 85.2 Å². The average molecular weight is 330 g/mol. The minimum absolute atomic E-state index is 0.0254. The second kappa shape index (κ2) is 7.29. The average Bonchev–Trinajstić information content (AvgIpc) is 2.63. The van der Waals surface area contributed by atoms with Gasteiger partial charge in [-0.1, -0.05) is 0 Å². The van der Waals surface area contributed by atoms with Gasteiger partial charge in [0.2, 0.25) is 11.8 Å². The number of rotatable bonds is 5. The molecule has 0 spiro atoms. The van der Waals surface area contributed by atoms with Gasteiger partial charge in [0.05, 0.1) is 7.11 Å². The third-order valence-corrected chi connectivity index (χ3v) is 4.20. The first-order chi connectivity index (χ1) is 11.7. The number of piperidine rings is 1. The van der Waals surface area contributed by atoms with Gasteiger partial charge < -0.3 is 19.5 Å². The van der Waals surface area contributed by atoms with Gasteiger partial charge >= 0.3 is 0 Å². The lowest BCUT2D eigenvalue weighted by atomic mass is 10.1. The highest BCUT2D eigenvalue weighted by molar-refractivity contribution is 5.37. The maximum absolute atomic E-state index is 12.4. The Morgan fingerprint density at radius 1 is 1.29 bits per heavy atom. The van der Waals surface area contributed by atoms with Gasteiger partial charge in [-0.2, -0.15) is 4.98 Å². The Kier molecular flexibility index (Phi) is 4.93. The molecule has 2 aromatic rings. The molecule has 3 heterocycles. The quantitative estimate of drug-likeness (QED) is 0.880. The van der Waals surface area contributed by atoms with Gasteiger partial charge in [0.1, 0.15) is 0 Å². The first-order valence-electron chi connectivity index (χ1n) is 8.15. The number of ether oxygens (including phenoxy) is 1. The highest BCUT2D eigenvalue weighted by Gasteiger charge is 2.22. The van der Waals surface area contributed by atoms with Gasteiger partial charge in [-0.3, -0.25) is 4.79 Å². The summed E-state index contributed by atoms with van der Waals surface area (Å²) in [6.45, 7) is 4.16. The van der Waals surface area contributed by atoms with Crippen molar-refractivity contribution in [1.29, 1.82) is 0 Å². The van der Waals surface area contributed by atoms with Crippen LogP contribution in [-0.4, -0.2) is 45.8 Å². The van der Waals surface area contributed by atoms with E-state index in [2.05, 4.69) is 25.2 Å². The Hall–Kier alpha value is -2.64. The number of hydrogen-bond acceptors (Lipinski definition) is 7. The molecule has 2 aromatic heterocycles. The molecule has 1 aliphatic heterocycles. The van der Waals surface area contributed by atoms with E-state index in [0.717, 1.165) is 25.9 Å². The molecule has 0 amide bonds. The van der Waals surface area contributed by atoms with Gasteiger partial charge in [0, 0.05) is 50.3 Å². The van der Waals surface area contributed by atoms with Crippen LogP contribution < -0.4 is 20.5 Å². The summed E-state index contributed by atoms with van der Waals surface area (Å²) in [6, 6.07) is 1.98. The highest BCUT2D eigenvalue weighted by atomic mass is 16.5. The van der Waals surface area contributed by atoms with E-state index in [1.807, 2.05) is 6.92 Å². The molecule has 1 N–H and O–H groups in total. The van der Waals surface area contributed by atoms with Crippen LogP contribution in [0, 0.1) is 0 Å². The maximum Gasteiger partial charge on any atom is 0.293 e. The first-order valence-corrected chi connectivity index (χ1v) is 8.15. The van der Waals surface area contributed by atoms with Crippen LogP contribution >= 0.6 is 0 Å². The molecule has 8 heteroatoms. The summed E-state index contributed by atoms with van der Waals surface area (Å²) >= 11 is 0. The minimum atomic E-state index is -0.0254. The van der Waals surface area contributed by atoms with Crippen LogP contribution in [0.4, 0.5) is 11.8 Å². The Labute approximate surface area is 140 Å². The second-order valence-electron chi connectivity index (χ2n) is 5.67. The number of anilines is 2. The molecular formula is C16H22N6O2. The normalized spacial score (nSPS) is 15.3. The zero-order valence-corrected chi connectivity index (χ0v) is 14.0. The lowest BCUT2D eigenvalue weighted by molar-refractivity contribution is 0.397. The van der Waals surface area contributed by atoms with Crippen molar-refractivity contribution >= 4 is 11.8 Å². The number of aromatic nitrogens is 4. The van der Waals surface area contributed by atoms with Gasteiger partial charge in [0.25, 0.3) is 5.56 Å². The molecule has 0 atom stereocenters. The van der Waals surface area contributed by atoms with E-state index < -0.39 is 0 Å². The summed E-state index contributed by atoms with van der Waals surface area (Å²) in [6.07, 6.45) is 6.87. The molecule has 0 aromatic carbocycles. The van der Waals surface area contributed by atoms with E-state index >= 15 is 0 Å². The van der Waals surface area contributed by atoms with Crippen LogP contribution in [0.3, 0.4) is 0 Å². The van der Waals surface area contributed by atoms with Crippen molar-refractivity contribution in [1.82, 2.24) is 19.5 Å². The fraction of sp³-hybridized carbons (Fsp3) is 0.500. The highest BCUT2D eigenvalue weighted by Crippen LogP contribution is 2.18. The van der Waals surface area contributed by atoms with Crippen LogP contribution in [0.2, 0.25) is 0 Å². The van der Waals surface area contributed by atoms with Crippen molar-refractivity contribution in [3.8, 4) is 5.88 Å². The number of methoxy groups -OCH3 is 1. The van der Waals surface area contributed by atoms with Crippen molar-refractivity contribution in [2.75, 3.05) is 30.4 Å². The SMILES string of the molecule is CCn1ccnc(N2CCC(Nc3nccc(OC)n3)CC2)c1=O. The number of aryl methyl sites for hydroxylation is 1. The Bertz CT molecular complexity index is 739. The maximum atomic E-state index is 12.4. The number of nitrogens with zero attached hydrogens (tertiary/aromatic N) is 5. The monoisotopic (exact) mass is 330 g/mol. The molecular weight excluding hydrogens is 308 g/mol. The third-order valence-electron chi connectivity index (χ3n) is 4.20. The summed E-state index contributed by atoms with van der Waals surface area (Å²) in [5, 5.41) is 3.33. The lowest BCUT2D eigenvalue weighted by Crippen LogP contribution is -2.42. The molecule has 1 aliphatic rings. The Balaban J connectivity index is 1.62. The largest absolute Gasteiger partial charge is 0.481 e. The van der Waals surface area contributed by atoms with Crippen LogP contribution in [-0.2, 0) is 6.54 Å². The minimum Gasteiger partial charge on any atom is -0.481 e. The van der Waals surface area contributed by atoms with Gasteiger partial charge in [-0.05, 0) is 19.8 Å². The van der Waals surface area contributed by atoms with Crippen LogP contribution in [0.15, 0.2) is 29.5 Å². The van der Waals surface area contributed by atoms with Crippen molar-refractivity contribution in [2.45, 2.75) is 32.4 Å². The van der Waals surface area contributed by atoms with E-state index in [0.29, 0.717) is 24.2 Å². The molecule has 0 bridgehead atoms. The second-order valence-corrected chi connectivity index (χ2v) is 5.67. The predicted octanol–water partition coefficient (Wildman–Crippen LogP) is 1.14. The zero-order chi connectivity index (χ0) is 16.9. The Morgan fingerprint density at radius 2 is 2.08 bits per heavy atom. The van der Waals surface area contributed by atoms with Gasteiger partial charge in [-0.25, -0.2) is 9.97 Å². The summed E-state index contributed by atoms with van der Waals surface area (Å²) in [5.74, 6) is 1.65.